The van der Waals surface area contributed by atoms with Crippen LogP contribution in [0.4, 0.5) is 0 Å². The molecule has 3 aliphatic rings. The molecule has 3 atom stereocenters. The topological polar surface area (TPSA) is 0 Å². The third kappa shape index (κ3) is 0.309. The van der Waals surface area contributed by atoms with Gasteiger partial charge >= 0.3 is 0 Å². The van der Waals surface area contributed by atoms with Crippen molar-refractivity contribution in [3.8, 4) is 0 Å². The van der Waals surface area contributed by atoms with Crippen molar-refractivity contribution in [3.05, 3.63) is 12.2 Å². The van der Waals surface area contributed by atoms with Crippen LogP contribution in [0.15, 0.2) is 12.2 Å². The number of rotatable bonds is 0. The fourth-order valence-corrected chi connectivity index (χ4v) is 3.08. The molecule has 1 spiro atoms. The van der Waals surface area contributed by atoms with E-state index < -0.39 is 0 Å². The van der Waals surface area contributed by atoms with E-state index in [-0.39, 0.29) is 0 Å². The van der Waals surface area contributed by atoms with Gasteiger partial charge in [0.25, 0.3) is 0 Å². The summed E-state index contributed by atoms with van der Waals surface area (Å²) in [5.74, 6) is 2.22. The molecule has 0 amide bonds. The first-order valence-electron chi connectivity index (χ1n) is 4.09. The Morgan fingerprint density at radius 1 is 1.33 bits per heavy atom. The molecule has 0 saturated heterocycles. The van der Waals surface area contributed by atoms with Gasteiger partial charge < -0.3 is 0 Å². The fraction of sp³-hybridized carbons (Fsp3) is 0.778. The molecule has 0 heterocycles. The first-order chi connectivity index (χ1) is 4.42. The average Bonchev–Trinajstić information content (AvgIpc) is 2.23. The molecule has 2 fully saturated rings. The molecule has 0 nitrogen and oxygen atoms in total. The lowest BCUT2D eigenvalue weighted by atomic mass is 9.44. The second kappa shape index (κ2) is 1.12. The van der Waals surface area contributed by atoms with Crippen molar-refractivity contribution < 1.29 is 0 Å². The molecule has 3 unspecified atom stereocenters. The van der Waals surface area contributed by atoms with Gasteiger partial charge in [0, 0.05) is 0 Å². The van der Waals surface area contributed by atoms with Gasteiger partial charge in [0.15, 0.2) is 0 Å². The SMILES string of the molecule is C1=CC23CCC2CC3C1. The quantitative estimate of drug-likeness (QED) is 0.430. The Kier molecular flexibility index (Phi) is 0.564. The Morgan fingerprint density at radius 3 is 2.78 bits per heavy atom. The minimum Gasteiger partial charge on any atom is -0.0877 e. The third-order valence-corrected chi connectivity index (χ3v) is 3.86. The van der Waals surface area contributed by atoms with Gasteiger partial charge in [-0.25, -0.2) is 0 Å². The van der Waals surface area contributed by atoms with Crippen LogP contribution in [0.2, 0.25) is 0 Å². The van der Waals surface area contributed by atoms with Gasteiger partial charge in [-0.15, -0.1) is 0 Å². The molecule has 0 aliphatic heterocycles. The predicted molar refractivity (Wildman–Crippen MR) is 37.0 cm³/mol. The van der Waals surface area contributed by atoms with Gasteiger partial charge in [-0.05, 0) is 42.9 Å². The normalized spacial score (nSPS) is 59.6. The van der Waals surface area contributed by atoms with Crippen LogP contribution in [0.25, 0.3) is 0 Å². The smallest absolute Gasteiger partial charge is 0.00585 e. The highest BCUT2D eigenvalue weighted by Gasteiger charge is 2.59. The molecule has 0 aromatic heterocycles. The Balaban J connectivity index is 2.02. The lowest BCUT2D eigenvalue weighted by molar-refractivity contribution is -0.0879. The highest BCUT2D eigenvalue weighted by molar-refractivity contribution is 5.24. The summed E-state index contributed by atoms with van der Waals surface area (Å²) in [6, 6.07) is 0. The van der Waals surface area contributed by atoms with Crippen molar-refractivity contribution in [2.45, 2.75) is 25.7 Å². The molecule has 3 aliphatic carbocycles. The lowest BCUT2D eigenvalue weighted by Gasteiger charge is -2.61. The second-order valence-electron chi connectivity index (χ2n) is 3.92. The highest BCUT2D eigenvalue weighted by Crippen LogP contribution is 2.68. The zero-order valence-electron chi connectivity index (χ0n) is 5.64. The van der Waals surface area contributed by atoms with Crippen LogP contribution in [0.3, 0.4) is 0 Å². The largest absolute Gasteiger partial charge is 0.0877 e. The number of allylic oxidation sites excluding steroid dienone is 2. The first-order valence-corrected chi connectivity index (χ1v) is 4.09. The maximum atomic E-state index is 2.51. The van der Waals surface area contributed by atoms with Crippen LogP contribution in [0, 0.1) is 17.3 Å². The number of hydrogen-bond acceptors (Lipinski definition) is 0. The fourth-order valence-electron chi connectivity index (χ4n) is 3.08. The molecule has 0 aromatic carbocycles. The van der Waals surface area contributed by atoms with E-state index in [4.69, 9.17) is 0 Å². The first kappa shape index (κ1) is 4.54. The van der Waals surface area contributed by atoms with Crippen molar-refractivity contribution in [3.63, 3.8) is 0 Å². The Labute approximate surface area is 56.0 Å². The van der Waals surface area contributed by atoms with E-state index in [0.717, 1.165) is 17.3 Å². The molecule has 0 aromatic rings. The van der Waals surface area contributed by atoms with Crippen molar-refractivity contribution in [2.75, 3.05) is 0 Å². The summed E-state index contributed by atoms with van der Waals surface area (Å²) in [6.45, 7) is 0. The summed E-state index contributed by atoms with van der Waals surface area (Å²) in [7, 11) is 0. The summed E-state index contributed by atoms with van der Waals surface area (Å²) in [4.78, 5) is 0. The van der Waals surface area contributed by atoms with E-state index in [1.165, 1.54) is 19.3 Å². The summed E-state index contributed by atoms with van der Waals surface area (Å²) in [6.07, 6.45) is 10.9. The van der Waals surface area contributed by atoms with Crippen molar-refractivity contribution in [1.29, 1.82) is 0 Å². The average molecular weight is 120 g/mol. The minimum atomic E-state index is 0.792. The van der Waals surface area contributed by atoms with E-state index >= 15 is 0 Å². The van der Waals surface area contributed by atoms with Gasteiger partial charge in [0.05, 0.1) is 0 Å². The van der Waals surface area contributed by atoms with Crippen molar-refractivity contribution in [2.24, 2.45) is 17.3 Å². The van der Waals surface area contributed by atoms with Gasteiger partial charge in [0.2, 0.25) is 0 Å². The van der Waals surface area contributed by atoms with E-state index in [9.17, 15) is 0 Å². The van der Waals surface area contributed by atoms with E-state index in [2.05, 4.69) is 12.2 Å². The minimum absolute atomic E-state index is 0.792. The molecule has 0 N–H and O–H groups in total. The summed E-state index contributed by atoms with van der Waals surface area (Å²) in [5.41, 5.74) is 0.792. The maximum Gasteiger partial charge on any atom is -0.00585 e. The van der Waals surface area contributed by atoms with Crippen LogP contribution in [0.5, 0.6) is 0 Å². The molecule has 48 valence electrons. The molecule has 0 radical (unpaired) electrons. The van der Waals surface area contributed by atoms with E-state index in [1.54, 1.807) is 6.42 Å². The second-order valence-corrected chi connectivity index (χ2v) is 3.92. The van der Waals surface area contributed by atoms with E-state index in [0.29, 0.717) is 0 Å². The zero-order chi connectivity index (χ0) is 5.90. The molecular formula is C9H12. The van der Waals surface area contributed by atoms with Crippen molar-refractivity contribution >= 4 is 0 Å². The lowest BCUT2D eigenvalue weighted by Crippen LogP contribution is -2.52. The van der Waals surface area contributed by atoms with Gasteiger partial charge in [0.1, 0.15) is 0 Å². The van der Waals surface area contributed by atoms with Crippen molar-refractivity contribution in [1.82, 2.24) is 0 Å². The van der Waals surface area contributed by atoms with Crippen LogP contribution >= 0.6 is 0 Å². The summed E-state index contributed by atoms with van der Waals surface area (Å²) >= 11 is 0. The maximum absolute atomic E-state index is 2.51. The highest BCUT2D eigenvalue weighted by atomic mass is 14.6. The monoisotopic (exact) mass is 120 g/mol. The molecule has 0 heteroatoms. The van der Waals surface area contributed by atoms with Crippen LogP contribution in [-0.2, 0) is 0 Å². The number of hydrogen-bond donors (Lipinski definition) is 0. The zero-order valence-corrected chi connectivity index (χ0v) is 5.64. The van der Waals surface area contributed by atoms with Gasteiger partial charge in [-0.1, -0.05) is 12.2 Å². The summed E-state index contributed by atoms with van der Waals surface area (Å²) in [5, 5.41) is 0. The van der Waals surface area contributed by atoms with Crippen LogP contribution in [0.1, 0.15) is 25.7 Å². The van der Waals surface area contributed by atoms with Crippen LogP contribution < -0.4 is 0 Å². The van der Waals surface area contributed by atoms with E-state index in [1.807, 2.05) is 0 Å². The van der Waals surface area contributed by atoms with Gasteiger partial charge in [-0.2, -0.15) is 0 Å². The van der Waals surface area contributed by atoms with Crippen LogP contribution in [-0.4, -0.2) is 0 Å². The molecular weight excluding hydrogens is 108 g/mol. The molecule has 2 saturated carbocycles. The predicted octanol–water partition coefficient (Wildman–Crippen LogP) is 2.36. The Bertz CT molecular complexity index is 180. The van der Waals surface area contributed by atoms with Gasteiger partial charge in [-0.3, -0.25) is 0 Å². The Hall–Kier alpha value is -0.260. The third-order valence-electron chi connectivity index (χ3n) is 3.86. The Morgan fingerprint density at radius 2 is 2.33 bits per heavy atom. The summed E-state index contributed by atoms with van der Waals surface area (Å²) < 4.78 is 0. The standard InChI is InChI=1S/C9H12/c1-2-7-6-8-3-5-9(7,8)4-1/h1,4,7-8H,2-3,5-6H2. The molecule has 9 heavy (non-hydrogen) atoms. The molecule has 3 rings (SSSR count). The molecule has 0 bridgehead atoms.